The number of benzene rings is 2. The number of esters is 1. The normalized spacial score (nSPS) is 19.4. The molecule has 2 fully saturated rings. The molecule has 2 aromatic heterocycles. The number of methoxy groups -OCH3 is 1. The Hall–Kier alpha value is -3.79. The van der Waals surface area contributed by atoms with Crippen LogP contribution in [0.4, 0.5) is 13.2 Å². The second-order valence-corrected chi connectivity index (χ2v) is 10.9. The molecule has 2 aliphatic rings. The van der Waals surface area contributed by atoms with Crippen molar-refractivity contribution in [3.05, 3.63) is 71.1 Å². The van der Waals surface area contributed by atoms with Crippen LogP contribution in [0.1, 0.15) is 77.6 Å². The molecule has 2 heterocycles. The maximum Gasteiger partial charge on any atom is 0.573 e. The number of para-hydroxylation sites is 1. The van der Waals surface area contributed by atoms with Gasteiger partial charge in [-0.15, -0.1) is 13.2 Å². The van der Waals surface area contributed by atoms with Crippen LogP contribution in [0.5, 0.6) is 5.75 Å². The van der Waals surface area contributed by atoms with Crippen molar-refractivity contribution in [2.75, 3.05) is 7.11 Å². The summed E-state index contributed by atoms with van der Waals surface area (Å²) in [6.07, 6.45) is 2.52. The zero-order valence-corrected chi connectivity index (χ0v) is 22.9. The molecule has 0 amide bonds. The molecule has 2 aliphatic carbocycles. The smallest absolute Gasteiger partial charge is 0.465 e. The van der Waals surface area contributed by atoms with E-state index in [0.717, 1.165) is 49.4 Å². The zero-order valence-electron chi connectivity index (χ0n) is 22.9. The molecule has 7 nitrogen and oxygen atoms in total. The Labute approximate surface area is 235 Å². The Morgan fingerprint density at radius 1 is 1.05 bits per heavy atom. The molecule has 0 spiro atoms. The van der Waals surface area contributed by atoms with Gasteiger partial charge >= 0.3 is 12.3 Å². The lowest BCUT2D eigenvalue weighted by Gasteiger charge is -2.29. The fourth-order valence-electron chi connectivity index (χ4n) is 5.91. The summed E-state index contributed by atoms with van der Waals surface area (Å²) in [5, 5.41) is 5.04. The molecule has 0 N–H and O–H groups in total. The minimum absolute atomic E-state index is 0.0208. The Bertz CT molecular complexity index is 1560. The number of fused-ring (bicyclic) bond motifs is 1. The van der Waals surface area contributed by atoms with Crippen LogP contribution in [-0.4, -0.2) is 35.3 Å². The molecular weight excluding hydrogens is 537 g/mol. The van der Waals surface area contributed by atoms with E-state index in [1.54, 1.807) is 18.3 Å². The van der Waals surface area contributed by atoms with Crippen LogP contribution in [-0.2, 0) is 23.1 Å². The highest BCUT2D eigenvalue weighted by molar-refractivity contribution is 6.04. The first-order valence-corrected chi connectivity index (χ1v) is 13.8. The Morgan fingerprint density at radius 3 is 2.49 bits per heavy atom. The second kappa shape index (κ2) is 10.9. The molecule has 0 aliphatic heterocycles. The van der Waals surface area contributed by atoms with Crippen molar-refractivity contribution in [3.8, 4) is 17.0 Å². The molecule has 4 aromatic rings. The first-order valence-electron chi connectivity index (χ1n) is 13.8. The lowest BCUT2D eigenvalue weighted by Crippen LogP contribution is -2.21. The molecule has 10 heteroatoms. The van der Waals surface area contributed by atoms with Gasteiger partial charge in [0, 0.05) is 41.2 Å². The van der Waals surface area contributed by atoms with Crippen molar-refractivity contribution in [1.82, 2.24) is 9.72 Å². The summed E-state index contributed by atoms with van der Waals surface area (Å²) in [7, 11) is 3.31. The predicted molar refractivity (Wildman–Crippen MR) is 145 cm³/mol. The first kappa shape index (κ1) is 27.4. The number of ether oxygens (including phenoxy) is 3. The van der Waals surface area contributed by atoms with Crippen LogP contribution in [0, 0.1) is 0 Å². The van der Waals surface area contributed by atoms with Crippen molar-refractivity contribution >= 4 is 16.9 Å². The molecule has 6 rings (SSSR count). The molecule has 216 valence electrons. The number of alkyl halides is 3. The van der Waals surface area contributed by atoms with Gasteiger partial charge in [-0.2, -0.15) is 0 Å². The number of rotatable bonds is 8. The monoisotopic (exact) mass is 568 g/mol. The van der Waals surface area contributed by atoms with E-state index in [1.807, 2.05) is 17.7 Å². The summed E-state index contributed by atoms with van der Waals surface area (Å²) in [6.45, 7) is 0.214. The minimum Gasteiger partial charge on any atom is -0.465 e. The molecule has 2 saturated carbocycles. The number of halogens is 3. The predicted octanol–water partition coefficient (Wildman–Crippen LogP) is 7.64. The summed E-state index contributed by atoms with van der Waals surface area (Å²) in [5.74, 6) is 0.617. The van der Waals surface area contributed by atoms with Gasteiger partial charge in [-0.05, 0) is 68.2 Å². The summed E-state index contributed by atoms with van der Waals surface area (Å²) in [4.78, 5) is 12.1. The van der Waals surface area contributed by atoms with Crippen LogP contribution in [0.25, 0.3) is 22.2 Å². The largest absolute Gasteiger partial charge is 0.573 e. The molecule has 0 atom stereocenters. The SMILES string of the molecule is COC(=O)c1cn(C)c2cc([C@H]3CC[C@@H](OCc4c(-c5ccccc5OC(F)(F)F)noc4C4CC4)CC3)ccc12. The number of carbonyl (C=O) groups is 1. The molecular formula is C31H31F3N2O5. The standard InChI is InChI=1S/C31H31F3N2O5/c1-36-16-24(30(37)38-2)22-14-11-20(15-26(22)36)18-9-12-21(13-10-18)39-17-25-28(35-41-29(25)19-7-8-19)23-5-3-4-6-27(23)40-31(32,33)34/h3-6,11,14-16,18-19,21H,7-10,12-13,17H2,1-2H3/t18-,21+. The molecule has 0 radical (unpaired) electrons. The maximum atomic E-state index is 13.1. The van der Waals surface area contributed by atoms with E-state index in [4.69, 9.17) is 14.0 Å². The third-order valence-electron chi connectivity index (χ3n) is 8.16. The van der Waals surface area contributed by atoms with Gasteiger partial charge in [0.1, 0.15) is 17.2 Å². The quantitative estimate of drug-likeness (QED) is 0.203. The number of aryl methyl sites for hydroxylation is 1. The van der Waals surface area contributed by atoms with Crippen LogP contribution in [0.3, 0.4) is 0 Å². The Kier molecular flexibility index (Phi) is 7.27. The Balaban J connectivity index is 1.15. The number of aromatic nitrogens is 2. The highest BCUT2D eigenvalue weighted by Crippen LogP contribution is 2.46. The van der Waals surface area contributed by atoms with E-state index < -0.39 is 6.36 Å². The van der Waals surface area contributed by atoms with Gasteiger partial charge in [-0.25, -0.2) is 4.79 Å². The number of carbonyl (C=O) groups excluding carboxylic acids is 1. The fourth-order valence-corrected chi connectivity index (χ4v) is 5.91. The van der Waals surface area contributed by atoms with Crippen molar-refractivity contribution < 1.29 is 36.7 Å². The minimum atomic E-state index is -4.82. The topological polar surface area (TPSA) is 75.7 Å². The van der Waals surface area contributed by atoms with Gasteiger partial charge in [0.05, 0.1) is 25.4 Å². The van der Waals surface area contributed by atoms with Crippen LogP contribution in [0.2, 0.25) is 0 Å². The van der Waals surface area contributed by atoms with Crippen molar-refractivity contribution in [2.24, 2.45) is 7.05 Å². The van der Waals surface area contributed by atoms with Gasteiger partial charge in [0.2, 0.25) is 0 Å². The second-order valence-electron chi connectivity index (χ2n) is 10.9. The summed E-state index contributed by atoms with van der Waals surface area (Å²) >= 11 is 0. The van der Waals surface area contributed by atoms with Gasteiger partial charge in [0.15, 0.2) is 0 Å². The number of nitrogens with zero attached hydrogens (tertiary/aromatic N) is 2. The Morgan fingerprint density at radius 2 is 1.78 bits per heavy atom. The van der Waals surface area contributed by atoms with Gasteiger partial charge in [0.25, 0.3) is 0 Å². The van der Waals surface area contributed by atoms with E-state index in [0.29, 0.717) is 28.5 Å². The van der Waals surface area contributed by atoms with Crippen LogP contribution >= 0.6 is 0 Å². The van der Waals surface area contributed by atoms with Gasteiger partial charge < -0.3 is 23.3 Å². The average molecular weight is 569 g/mol. The number of hydrogen-bond donors (Lipinski definition) is 0. The van der Waals surface area contributed by atoms with E-state index in [1.165, 1.54) is 24.8 Å². The summed E-state index contributed by atoms with van der Waals surface area (Å²) in [5.41, 5.74) is 4.04. The average Bonchev–Trinajstić information content (AvgIpc) is 3.64. The van der Waals surface area contributed by atoms with Crippen molar-refractivity contribution in [1.29, 1.82) is 0 Å². The van der Waals surface area contributed by atoms with E-state index in [-0.39, 0.29) is 35.9 Å². The maximum absolute atomic E-state index is 13.1. The molecule has 2 aromatic carbocycles. The lowest BCUT2D eigenvalue weighted by molar-refractivity contribution is -0.274. The van der Waals surface area contributed by atoms with Crippen molar-refractivity contribution in [2.45, 2.75) is 69.4 Å². The number of hydrogen-bond acceptors (Lipinski definition) is 6. The summed E-state index contributed by atoms with van der Waals surface area (Å²) in [6, 6.07) is 12.2. The van der Waals surface area contributed by atoms with Gasteiger partial charge in [-0.3, -0.25) is 0 Å². The first-order chi connectivity index (χ1) is 19.7. The highest BCUT2D eigenvalue weighted by Gasteiger charge is 2.36. The molecule has 0 saturated heterocycles. The van der Waals surface area contributed by atoms with Crippen LogP contribution < -0.4 is 4.74 Å². The third kappa shape index (κ3) is 5.70. The fraction of sp³-hybridized carbons (Fsp3) is 0.419. The van der Waals surface area contributed by atoms with E-state index >= 15 is 0 Å². The molecule has 41 heavy (non-hydrogen) atoms. The molecule has 0 bridgehead atoms. The third-order valence-corrected chi connectivity index (χ3v) is 8.16. The van der Waals surface area contributed by atoms with Gasteiger partial charge in [-0.1, -0.05) is 29.4 Å². The van der Waals surface area contributed by atoms with E-state index in [2.05, 4.69) is 22.0 Å². The zero-order chi connectivity index (χ0) is 28.7. The molecule has 0 unspecified atom stereocenters. The highest BCUT2D eigenvalue weighted by atomic mass is 19.4. The van der Waals surface area contributed by atoms with Crippen LogP contribution in [0.15, 0.2) is 53.2 Å². The summed E-state index contributed by atoms with van der Waals surface area (Å²) < 4.78 is 62.3. The van der Waals surface area contributed by atoms with E-state index in [9.17, 15) is 18.0 Å². The lowest BCUT2D eigenvalue weighted by atomic mass is 9.82. The van der Waals surface area contributed by atoms with Crippen molar-refractivity contribution in [3.63, 3.8) is 0 Å².